The maximum absolute atomic E-state index is 12.1. The molecule has 0 bridgehead atoms. The summed E-state index contributed by atoms with van der Waals surface area (Å²) in [6, 6.07) is 9.75. The second-order valence-electron chi connectivity index (χ2n) is 7.62. The molecule has 3 aromatic rings. The fourth-order valence-electron chi connectivity index (χ4n) is 2.87. The van der Waals surface area contributed by atoms with Crippen LogP contribution in [0.2, 0.25) is 0 Å². The lowest BCUT2D eigenvalue weighted by molar-refractivity contribution is -0.116. The molecule has 164 valence electrons. The predicted octanol–water partition coefficient (Wildman–Crippen LogP) is 4.23. The number of hydrogen-bond donors (Lipinski definition) is 2. The molecular formula is C23H30N6OS. The minimum Gasteiger partial charge on any atom is -0.369 e. The first-order valence-corrected chi connectivity index (χ1v) is 11.7. The van der Waals surface area contributed by atoms with Crippen LogP contribution in [0.3, 0.4) is 0 Å². The molecule has 0 saturated carbocycles. The normalized spacial score (nSPS) is 11.5. The summed E-state index contributed by atoms with van der Waals surface area (Å²) in [5.41, 5.74) is 1.78. The van der Waals surface area contributed by atoms with E-state index in [2.05, 4.69) is 36.5 Å². The largest absolute Gasteiger partial charge is 0.369 e. The van der Waals surface area contributed by atoms with Gasteiger partial charge in [-0.05, 0) is 24.0 Å². The number of benzene rings is 1. The van der Waals surface area contributed by atoms with Gasteiger partial charge in [0.15, 0.2) is 10.8 Å². The number of hydrogen-bond acceptors (Lipinski definition) is 6. The minimum absolute atomic E-state index is 0.131. The standard InChI is InChI=1S/C23H30N6OS/c1-4-14-31-23-27-21(25-15-17(2)3)19-16-26-29(22(19)28-23)13-12-24-20(30)11-10-18-8-6-5-7-9-18/h5-11,16-17H,4,12-15H2,1-3H3,(H,24,30)(H,25,27,28)/b11-10-. The number of fused-ring (bicyclic) bond motifs is 1. The molecule has 0 saturated heterocycles. The predicted molar refractivity (Wildman–Crippen MR) is 128 cm³/mol. The van der Waals surface area contributed by atoms with Gasteiger partial charge in [-0.15, -0.1) is 0 Å². The Morgan fingerprint density at radius 2 is 2.03 bits per heavy atom. The summed E-state index contributed by atoms with van der Waals surface area (Å²) >= 11 is 1.65. The van der Waals surface area contributed by atoms with Crippen molar-refractivity contribution >= 4 is 40.6 Å². The fraction of sp³-hybridized carbons (Fsp3) is 0.391. The van der Waals surface area contributed by atoms with Gasteiger partial charge in [0.25, 0.3) is 0 Å². The van der Waals surface area contributed by atoms with Crippen LogP contribution in [0.25, 0.3) is 17.1 Å². The van der Waals surface area contributed by atoms with Crippen LogP contribution in [0, 0.1) is 5.92 Å². The molecular weight excluding hydrogens is 408 g/mol. The number of rotatable bonds is 11. The number of carbonyl (C=O) groups is 1. The van der Waals surface area contributed by atoms with Gasteiger partial charge in [0.1, 0.15) is 5.82 Å². The van der Waals surface area contributed by atoms with Crippen LogP contribution >= 0.6 is 11.8 Å². The van der Waals surface area contributed by atoms with Gasteiger partial charge in [-0.3, -0.25) is 4.79 Å². The van der Waals surface area contributed by atoms with E-state index in [9.17, 15) is 4.79 Å². The molecule has 1 amide bonds. The van der Waals surface area contributed by atoms with E-state index >= 15 is 0 Å². The Kier molecular flexibility index (Phi) is 8.46. The first kappa shape index (κ1) is 22.8. The molecule has 0 spiro atoms. The van der Waals surface area contributed by atoms with Crippen molar-refractivity contribution in [2.45, 2.75) is 38.9 Å². The number of nitrogens with zero attached hydrogens (tertiary/aromatic N) is 4. The zero-order valence-corrected chi connectivity index (χ0v) is 19.2. The smallest absolute Gasteiger partial charge is 0.244 e. The minimum atomic E-state index is -0.131. The van der Waals surface area contributed by atoms with Gasteiger partial charge >= 0.3 is 0 Å². The highest BCUT2D eigenvalue weighted by Gasteiger charge is 2.13. The maximum atomic E-state index is 12.1. The van der Waals surface area contributed by atoms with Crippen molar-refractivity contribution in [3.63, 3.8) is 0 Å². The van der Waals surface area contributed by atoms with Crippen molar-refractivity contribution in [1.82, 2.24) is 25.1 Å². The maximum Gasteiger partial charge on any atom is 0.244 e. The Morgan fingerprint density at radius 3 is 2.77 bits per heavy atom. The Bertz CT molecular complexity index is 1020. The highest BCUT2D eigenvalue weighted by atomic mass is 32.2. The van der Waals surface area contributed by atoms with E-state index in [1.165, 1.54) is 0 Å². The van der Waals surface area contributed by atoms with Crippen LogP contribution in [-0.4, -0.2) is 44.5 Å². The highest BCUT2D eigenvalue weighted by Crippen LogP contribution is 2.25. The summed E-state index contributed by atoms with van der Waals surface area (Å²) in [6.07, 6.45) is 6.20. The molecule has 0 unspecified atom stereocenters. The zero-order chi connectivity index (χ0) is 22.1. The number of aromatic nitrogens is 4. The highest BCUT2D eigenvalue weighted by molar-refractivity contribution is 7.99. The van der Waals surface area contributed by atoms with E-state index < -0.39 is 0 Å². The van der Waals surface area contributed by atoms with Crippen molar-refractivity contribution in [3.8, 4) is 0 Å². The molecule has 7 nitrogen and oxygen atoms in total. The monoisotopic (exact) mass is 438 g/mol. The summed E-state index contributed by atoms with van der Waals surface area (Å²) in [5, 5.41) is 12.5. The molecule has 0 aliphatic heterocycles. The molecule has 31 heavy (non-hydrogen) atoms. The summed E-state index contributed by atoms with van der Waals surface area (Å²) in [7, 11) is 0. The second kappa shape index (κ2) is 11.5. The molecule has 0 atom stereocenters. The number of anilines is 1. The Balaban J connectivity index is 1.67. The topological polar surface area (TPSA) is 84.7 Å². The molecule has 0 aliphatic carbocycles. The fourth-order valence-corrected chi connectivity index (χ4v) is 3.57. The van der Waals surface area contributed by atoms with Crippen LogP contribution in [-0.2, 0) is 11.3 Å². The van der Waals surface area contributed by atoms with Gasteiger partial charge in [0.2, 0.25) is 5.91 Å². The van der Waals surface area contributed by atoms with E-state index in [1.54, 1.807) is 30.1 Å². The first-order chi connectivity index (χ1) is 15.1. The van der Waals surface area contributed by atoms with Gasteiger partial charge in [0.05, 0.1) is 18.1 Å². The lowest BCUT2D eigenvalue weighted by Gasteiger charge is -2.11. The molecule has 0 radical (unpaired) electrons. The number of carbonyl (C=O) groups excluding carboxylic acids is 1. The van der Waals surface area contributed by atoms with Crippen LogP contribution in [0.1, 0.15) is 32.8 Å². The van der Waals surface area contributed by atoms with Gasteiger partial charge in [0, 0.05) is 24.9 Å². The number of thioether (sulfide) groups is 1. The van der Waals surface area contributed by atoms with Crippen molar-refractivity contribution in [2.75, 3.05) is 24.2 Å². The average molecular weight is 439 g/mol. The van der Waals surface area contributed by atoms with E-state index in [0.717, 1.165) is 46.3 Å². The van der Waals surface area contributed by atoms with Crippen molar-refractivity contribution in [1.29, 1.82) is 0 Å². The third kappa shape index (κ3) is 6.82. The van der Waals surface area contributed by atoms with Crippen molar-refractivity contribution in [2.24, 2.45) is 5.92 Å². The van der Waals surface area contributed by atoms with Crippen LogP contribution in [0.4, 0.5) is 5.82 Å². The zero-order valence-electron chi connectivity index (χ0n) is 18.3. The Morgan fingerprint density at radius 1 is 1.23 bits per heavy atom. The SMILES string of the molecule is CCCSc1nc(NCC(C)C)c2cnn(CCNC(=O)/C=C\c3ccccc3)c2n1. The van der Waals surface area contributed by atoms with Crippen LogP contribution < -0.4 is 10.6 Å². The van der Waals surface area contributed by atoms with E-state index in [0.29, 0.717) is 19.0 Å². The molecule has 2 N–H and O–H groups in total. The Labute approximate surface area is 187 Å². The van der Waals surface area contributed by atoms with Crippen molar-refractivity contribution in [3.05, 3.63) is 48.2 Å². The van der Waals surface area contributed by atoms with Gasteiger partial charge in [-0.25, -0.2) is 14.6 Å². The second-order valence-corrected chi connectivity index (χ2v) is 8.68. The molecule has 2 heterocycles. The molecule has 0 fully saturated rings. The summed E-state index contributed by atoms with van der Waals surface area (Å²) in [6.45, 7) is 8.30. The van der Waals surface area contributed by atoms with Crippen molar-refractivity contribution < 1.29 is 4.79 Å². The first-order valence-electron chi connectivity index (χ1n) is 10.7. The lowest BCUT2D eigenvalue weighted by Crippen LogP contribution is -2.25. The van der Waals surface area contributed by atoms with Gasteiger partial charge < -0.3 is 10.6 Å². The van der Waals surface area contributed by atoms with Gasteiger partial charge in [-0.1, -0.05) is 62.9 Å². The van der Waals surface area contributed by atoms with Crippen LogP contribution in [0.5, 0.6) is 0 Å². The lowest BCUT2D eigenvalue weighted by atomic mass is 10.2. The number of nitrogens with one attached hydrogen (secondary N) is 2. The summed E-state index contributed by atoms with van der Waals surface area (Å²) < 4.78 is 1.83. The summed E-state index contributed by atoms with van der Waals surface area (Å²) in [5.74, 6) is 2.16. The average Bonchev–Trinajstić information content (AvgIpc) is 3.18. The summed E-state index contributed by atoms with van der Waals surface area (Å²) in [4.78, 5) is 21.5. The third-order valence-electron chi connectivity index (χ3n) is 4.44. The molecule has 2 aromatic heterocycles. The Hall–Kier alpha value is -2.87. The molecule has 0 aliphatic rings. The van der Waals surface area contributed by atoms with E-state index in [-0.39, 0.29) is 5.91 Å². The number of amides is 1. The van der Waals surface area contributed by atoms with E-state index in [1.807, 2.05) is 35.0 Å². The third-order valence-corrected chi connectivity index (χ3v) is 5.49. The quantitative estimate of drug-likeness (QED) is 0.265. The molecule has 8 heteroatoms. The molecule has 3 rings (SSSR count). The molecule has 1 aromatic carbocycles. The van der Waals surface area contributed by atoms with E-state index in [4.69, 9.17) is 9.97 Å². The van der Waals surface area contributed by atoms with Crippen LogP contribution in [0.15, 0.2) is 47.8 Å². The van der Waals surface area contributed by atoms with Gasteiger partial charge in [-0.2, -0.15) is 5.10 Å².